The first-order chi connectivity index (χ1) is 8.16. The summed E-state index contributed by atoms with van der Waals surface area (Å²) in [6.07, 6.45) is 4.24. The Hall–Kier alpha value is -1.81. The van der Waals surface area contributed by atoms with Crippen LogP contribution in [0.4, 0.5) is 0 Å². The molecule has 3 nitrogen and oxygen atoms in total. The monoisotopic (exact) mass is 292 g/mol. The maximum atomic E-state index is 10.5. The van der Waals surface area contributed by atoms with Gasteiger partial charge >= 0.3 is 5.97 Å². The van der Waals surface area contributed by atoms with Crippen molar-refractivity contribution < 1.29 is 14.3 Å². The van der Waals surface area contributed by atoms with Crippen molar-refractivity contribution in [2.45, 2.75) is 0 Å². The lowest BCUT2D eigenvalue weighted by molar-refractivity contribution is -0.131. The van der Waals surface area contributed by atoms with E-state index in [9.17, 15) is 4.79 Å². The van der Waals surface area contributed by atoms with Crippen molar-refractivity contribution in [3.05, 3.63) is 52.7 Å². The largest absolute Gasteiger partial charge is 0.478 e. The van der Waals surface area contributed by atoms with Crippen LogP contribution in [0.3, 0.4) is 0 Å². The fourth-order valence-corrected chi connectivity index (χ4v) is 1.84. The Kier molecular flexibility index (Phi) is 3.44. The summed E-state index contributed by atoms with van der Waals surface area (Å²) in [4.78, 5) is 10.5. The molecule has 0 spiro atoms. The molecular formula is C13H9BrO3. The summed E-state index contributed by atoms with van der Waals surface area (Å²) < 4.78 is 6.23. The summed E-state index contributed by atoms with van der Waals surface area (Å²) in [5.41, 5.74) is 1.65. The van der Waals surface area contributed by atoms with Crippen molar-refractivity contribution in [3.63, 3.8) is 0 Å². The topological polar surface area (TPSA) is 50.4 Å². The fraction of sp³-hybridized carbons (Fsp3) is 0. The SMILES string of the molecule is O=C(O)C=Cc1ccc(Br)cc1-c1ccco1. The molecule has 0 aliphatic rings. The highest BCUT2D eigenvalue weighted by molar-refractivity contribution is 9.10. The minimum absolute atomic E-state index is 0.705. The van der Waals surface area contributed by atoms with E-state index in [0.717, 1.165) is 21.7 Å². The number of hydrogen-bond acceptors (Lipinski definition) is 2. The van der Waals surface area contributed by atoms with Crippen LogP contribution in [0.2, 0.25) is 0 Å². The summed E-state index contributed by atoms with van der Waals surface area (Å²) in [5, 5.41) is 8.63. The second kappa shape index (κ2) is 5.01. The third kappa shape index (κ3) is 2.85. The van der Waals surface area contributed by atoms with E-state index in [1.165, 1.54) is 0 Å². The highest BCUT2D eigenvalue weighted by atomic mass is 79.9. The lowest BCUT2D eigenvalue weighted by atomic mass is 10.1. The van der Waals surface area contributed by atoms with Gasteiger partial charge in [-0.25, -0.2) is 4.79 Å². The van der Waals surface area contributed by atoms with Crippen LogP contribution in [0, 0.1) is 0 Å². The van der Waals surface area contributed by atoms with Crippen LogP contribution < -0.4 is 0 Å². The standard InChI is InChI=1S/C13H9BrO3/c14-10-5-3-9(4-6-13(15)16)11(8-10)12-2-1-7-17-12/h1-8H,(H,15,16). The van der Waals surface area contributed by atoms with E-state index < -0.39 is 5.97 Å². The van der Waals surface area contributed by atoms with E-state index in [-0.39, 0.29) is 0 Å². The number of carboxylic acid groups (broad SMARTS) is 1. The molecule has 86 valence electrons. The van der Waals surface area contributed by atoms with E-state index in [1.807, 2.05) is 24.3 Å². The molecule has 2 rings (SSSR count). The van der Waals surface area contributed by atoms with Crippen LogP contribution in [0.25, 0.3) is 17.4 Å². The first-order valence-electron chi connectivity index (χ1n) is 4.91. The summed E-state index contributed by atoms with van der Waals surface area (Å²) in [6, 6.07) is 9.20. The first-order valence-corrected chi connectivity index (χ1v) is 5.70. The van der Waals surface area contributed by atoms with Gasteiger partial charge in [-0.2, -0.15) is 0 Å². The number of carboxylic acids is 1. The van der Waals surface area contributed by atoms with Gasteiger partial charge in [-0.05, 0) is 35.9 Å². The Morgan fingerprint density at radius 1 is 1.35 bits per heavy atom. The molecule has 1 heterocycles. The van der Waals surface area contributed by atoms with E-state index in [0.29, 0.717) is 5.76 Å². The number of benzene rings is 1. The molecule has 0 radical (unpaired) electrons. The van der Waals surface area contributed by atoms with Gasteiger partial charge in [-0.15, -0.1) is 0 Å². The van der Waals surface area contributed by atoms with Crippen molar-refractivity contribution in [1.29, 1.82) is 0 Å². The van der Waals surface area contributed by atoms with Gasteiger partial charge in [0.25, 0.3) is 0 Å². The van der Waals surface area contributed by atoms with Crippen molar-refractivity contribution >= 4 is 28.0 Å². The predicted molar refractivity (Wildman–Crippen MR) is 68.5 cm³/mol. The minimum atomic E-state index is -0.974. The molecule has 2 aromatic rings. The minimum Gasteiger partial charge on any atom is -0.478 e. The van der Waals surface area contributed by atoms with Crippen molar-refractivity contribution in [2.24, 2.45) is 0 Å². The van der Waals surface area contributed by atoms with E-state index in [2.05, 4.69) is 15.9 Å². The fourth-order valence-electron chi connectivity index (χ4n) is 1.48. The number of aliphatic carboxylic acids is 1. The van der Waals surface area contributed by atoms with Gasteiger partial charge in [0.05, 0.1) is 6.26 Å². The van der Waals surface area contributed by atoms with E-state index in [1.54, 1.807) is 18.4 Å². The molecule has 4 heteroatoms. The van der Waals surface area contributed by atoms with Crippen molar-refractivity contribution in [2.75, 3.05) is 0 Å². The molecule has 0 aliphatic heterocycles. The highest BCUT2D eigenvalue weighted by Crippen LogP contribution is 2.28. The molecule has 17 heavy (non-hydrogen) atoms. The van der Waals surface area contributed by atoms with Crippen molar-refractivity contribution in [1.82, 2.24) is 0 Å². The zero-order valence-electron chi connectivity index (χ0n) is 8.76. The van der Waals surface area contributed by atoms with Gasteiger partial charge in [0.15, 0.2) is 0 Å². The van der Waals surface area contributed by atoms with Crippen LogP contribution in [-0.2, 0) is 4.79 Å². The highest BCUT2D eigenvalue weighted by Gasteiger charge is 2.06. The Balaban J connectivity index is 2.49. The second-order valence-corrected chi connectivity index (χ2v) is 4.30. The van der Waals surface area contributed by atoms with Crippen LogP contribution in [0.5, 0.6) is 0 Å². The van der Waals surface area contributed by atoms with Crippen LogP contribution in [0.15, 0.2) is 51.6 Å². The summed E-state index contributed by atoms with van der Waals surface area (Å²) in [5.74, 6) is -0.269. The van der Waals surface area contributed by atoms with E-state index >= 15 is 0 Å². The third-order valence-electron chi connectivity index (χ3n) is 2.21. The Morgan fingerprint density at radius 2 is 2.18 bits per heavy atom. The summed E-state index contributed by atoms with van der Waals surface area (Å²) >= 11 is 3.38. The summed E-state index contributed by atoms with van der Waals surface area (Å²) in [6.45, 7) is 0. The molecule has 0 unspecified atom stereocenters. The predicted octanol–water partition coefficient (Wildman–Crippen LogP) is 3.81. The smallest absolute Gasteiger partial charge is 0.328 e. The molecule has 1 N–H and O–H groups in total. The quantitative estimate of drug-likeness (QED) is 0.875. The number of furan rings is 1. The van der Waals surface area contributed by atoms with Crippen LogP contribution in [-0.4, -0.2) is 11.1 Å². The van der Waals surface area contributed by atoms with Gasteiger partial charge in [0.2, 0.25) is 0 Å². The molecule has 0 amide bonds. The third-order valence-corrected chi connectivity index (χ3v) is 2.70. The molecule has 0 saturated heterocycles. The number of hydrogen-bond donors (Lipinski definition) is 1. The zero-order chi connectivity index (χ0) is 12.3. The molecule has 0 fully saturated rings. The van der Waals surface area contributed by atoms with Gasteiger partial charge in [0.1, 0.15) is 5.76 Å². The second-order valence-electron chi connectivity index (χ2n) is 3.38. The van der Waals surface area contributed by atoms with Gasteiger partial charge in [-0.1, -0.05) is 22.0 Å². The summed E-state index contributed by atoms with van der Waals surface area (Å²) in [7, 11) is 0. The Labute approximate surface area is 107 Å². The van der Waals surface area contributed by atoms with Crippen LogP contribution >= 0.6 is 15.9 Å². The molecule has 0 aliphatic carbocycles. The lowest BCUT2D eigenvalue weighted by Crippen LogP contribution is -1.87. The Morgan fingerprint density at radius 3 is 2.82 bits per heavy atom. The van der Waals surface area contributed by atoms with Gasteiger partial charge in [0, 0.05) is 16.1 Å². The van der Waals surface area contributed by atoms with Crippen LogP contribution in [0.1, 0.15) is 5.56 Å². The maximum Gasteiger partial charge on any atom is 0.328 e. The normalized spacial score (nSPS) is 10.9. The zero-order valence-corrected chi connectivity index (χ0v) is 10.3. The lowest BCUT2D eigenvalue weighted by Gasteiger charge is -2.03. The number of carbonyl (C=O) groups is 1. The maximum absolute atomic E-state index is 10.5. The average molecular weight is 293 g/mol. The molecule has 0 bridgehead atoms. The Bertz CT molecular complexity index is 556. The molecule has 0 atom stereocenters. The number of halogens is 1. The van der Waals surface area contributed by atoms with Gasteiger partial charge < -0.3 is 9.52 Å². The first kappa shape index (κ1) is 11.7. The van der Waals surface area contributed by atoms with E-state index in [4.69, 9.17) is 9.52 Å². The molecule has 1 aromatic heterocycles. The average Bonchev–Trinajstić information content (AvgIpc) is 2.80. The molecular weight excluding hydrogens is 284 g/mol. The van der Waals surface area contributed by atoms with Gasteiger partial charge in [-0.3, -0.25) is 0 Å². The number of rotatable bonds is 3. The molecule has 0 saturated carbocycles. The van der Waals surface area contributed by atoms with Crippen molar-refractivity contribution in [3.8, 4) is 11.3 Å². The molecule has 1 aromatic carbocycles.